The molecule has 3 atom stereocenters. The van der Waals surface area contributed by atoms with Gasteiger partial charge in [0.2, 0.25) is 0 Å². The molecule has 0 aromatic heterocycles. The fraction of sp³-hybridized carbons (Fsp3) is 0.684. The maximum absolute atomic E-state index is 3.67. The molecule has 0 radical (unpaired) electrons. The molecule has 3 unspecified atom stereocenters. The molecule has 2 fully saturated rings. The van der Waals surface area contributed by atoms with Crippen LogP contribution in [0.3, 0.4) is 0 Å². The second kappa shape index (κ2) is 6.42. The highest BCUT2D eigenvalue weighted by Crippen LogP contribution is 2.56. The van der Waals surface area contributed by atoms with Crippen LogP contribution in [0.4, 0.5) is 0 Å². The Bertz CT molecular complexity index is 478. The standard InChI is InChI=1S/C19H28BrN/c1-14(2)17-8-3-4-9-19(17)10-11-21-13-18(19)15-6-5-7-16(20)12-15/h5-7,12,14,17-18,21H,3-4,8-11,13H2,1-2H3. The topological polar surface area (TPSA) is 12.0 Å². The summed E-state index contributed by atoms with van der Waals surface area (Å²) in [6.45, 7) is 7.24. The van der Waals surface area contributed by atoms with Crippen molar-refractivity contribution in [3.8, 4) is 0 Å². The van der Waals surface area contributed by atoms with Crippen LogP contribution in [0.15, 0.2) is 28.7 Å². The van der Waals surface area contributed by atoms with Crippen molar-refractivity contribution in [1.82, 2.24) is 5.32 Å². The molecular weight excluding hydrogens is 322 g/mol. The highest BCUT2D eigenvalue weighted by molar-refractivity contribution is 9.10. The van der Waals surface area contributed by atoms with E-state index in [-0.39, 0.29) is 0 Å². The van der Waals surface area contributed by atoms with Crippen molar-refractivity contribution in [2.75, 3.05) is 13.1 Å². The molecule has 21 heavy (non-hydrogen) atoms. The monoisotopic (exact) mass is 349 g/mol. The van der Waals surface area contributed by atoms with E-state index in [1.165, 1.54) is 48.7 Å². The summed E-state index contributed by atoms with van der Waals surface area (Å²) in [6, 6.07) is 9.05. The van der Waals surface area contributed by atoms with Crippen LogP contribution in [0.2, 0.25) is 0 Å². The predicted octanol–water partition coefficient (Wildman–Crippen LogP) is 5.36. The minimum Gasteiger partial charge on any atom is -0.316 e. The van der Waals surface area contributed by atoms with Gasteiger partial charge in [-0.1, -0.05) is 54.8 Å². The molecule has 1 saturated heterocycles. The number of benzene rings is 1. The van der Waals surface area contributed by atoms with Crippen LogP contribution >= 0.6 is 15.9 Å². The normalized spacial score (nSPS) is 33.5. The molecule has 0 bridgehead atoms. The molecule has 1 N–H and O–H groups in total. The van der Waals surface area contributed by atoms with E-state index < -0.39 is 0 Å². The van der Waals surface area contributed by atoms with Crippen molar-refractivity contribution in [3.63, 3.8) is 0 Å². The summed E-state index contributed by atoms with van der Waals surface area (Å²) >= 11 is 3.66. The van der Waals surface area contributed by atoms with Gasteiger partial charge in [0.1, 0.15) is 0 Å². The Balaban J connectivity index is 1.99. The average Bonchev–Trinajstić information content (AvgIpc) is 2.48. The quantitative estimate of drug-likeness (QED) is 0.757. The molecule has 1 aromatic rings. The molecule has 1 saturated carbocycles. The van der Waals surface area contributed by atoms with Crippen LogP contribution in [0.25, 0.3) is 0 Å². The van der Waals surface area contributed by atoms with Crippen LogP contribution in [-0.4, -0.2) is 13.1 Å². The number of hydrogen-bond acceptors (Lipinski definition) is 1. The highest BCUT2D eigenvalue weighted by atomic mass is 79.9. The van der Waals surface area contributed by atoms with Crippen molar-refractivity contribution in [2.45, 2.75) is 51.9 Å². The predicted molar refractivity (Wildman–Crippen MR) is 93.6 cm³/mol. The van der Waals surface area contributed by atoms with E-state index in [1.807, 2.05) is 0 Å². The molecule has 1 aliphatic carbocycles. The zero-order chi connectivity index (χ0) is 14.9. The minimum absolute atomic E-state index is 0.526. The van der Waals surface area contributed by atoms with E-state index in [0.29, 0.717) is 11.3 Å². The van der Waals surface area contributed by atoms with Crippen LogP contribution in [0.1, 0.15) is 57.4 Å². The summed E-state index contributed by atoms with van der Waals surface area (Å²) in [5.41, 5.74) is 2.06. The number of halogens is 1. The number of rotatable bonds is 2. The summed E-state index contributed by atoms with van der Waals surface area (Å²) in [5.74, 6) is 2.37. The van der Waals surface area contributed by atoms with Crippen molar-refractivity contribution >= 4 is 15.9 Å². The Morgan fingerprint density at radius 1 is 1.24 bits per heavy atom. The molecule has 1 heterocycles. The van der Waals surface area contributed by atoms with Crippen LogP contribution < -0.4 is 5.32 Å². The lowest BCUT2D eigenvalue weighted by atomic mass is 9.53. The summed E-state index contributed by atoms with van der Waals surface area (Å²) in [4.78, 5) is 0. The van der Waals surface area contributed by atoms with Crippen molar-refractivity contribution < 1.29 is 0 Å². The Labute approximate surface area is 138 Å². The molecule has 1 aromatic carbocycles. The lowest BCUT2D eigenvalue weighted by Gasteiger charge is -2.54. The van der Waals surface area contributed by atoms with Gasteiger partial charge in [-0.05, 0) is 60.8 Å². The Morgan fingerprint density at radius 2 is 2.10 bits per heavy atom. The van der Waals surface area contributed by atoms with Crippen LogP contribution in [-0.2, 0) is 0 Å². The third-order valence-electron chi connectivity index (χ3n) is 6.01. The van der Waals surface area contributed by atoms with Crippen molar-refractivity contribution in [1.29, 1.82) is 0 Å². The lowest BCUT2D eigenvalue weighted by Crippen LogP contribution is -2.50. The molecule has 0 amide bonds. The third-order valence-corrected chi connectivity index (χ3v) is 6.50. The van der Waals surface area contributed by atoms with Gasteiger partial charge >= 0.3 is 0 Å². The van der Waals surface area contributed by atoms with Gasteiger partial charge in [-0.3, -0.25) is 0 Å². The van der Waals surface area contributed by atoms with Crippen molar-refractivity contribution in [3.05, 3.63) is 34.3 Å². The van der Waals surface area contributed by atoms with Gasteiger partial charge in [0, 0.05) is 16.9 Å². The summed E-state index contributed by atoms with van der Waals surface area (Å²) < 4.78 is 1.22. The van der Waals surface area contributed by atoms with Crippen LogP contribution in [0, 0.1) is 17.3 Å². The number of hydrogen-bond donors (Lipinski definition) is 1. The number of piperidine rings is 1. The smallest absolute Gasteiger partial charge is 0.0178 e. The van der Waals surface area contributed by atoms with E-state index in [0.717, 1.165) is 18.4 Å². The second-order valence-electron chi connectivity index (χ2n) is 7.39. The van der Waals surface area contributed by atoms with Gasteiger partial charge in [0.05, 0.1) is 0 Å². The summed E-state index contributed by atoms with van der Waals surface area (Å²) in [6.07, 6.45) is 7.07. The fourth-order valence-corrected chi connectivity index (χ4v) is 5.57. The molecular formula is C19H28BrN. The summed E-state index contributed by atoms with van der Waals surface area (Å²) in [7, 11) is 0. The van der Waals surface area contributed by atoms with E-state index in [2.05, 4.69) is 59.4 Å². The van der Waals surface area contributed by atoms with E-state index >= 15 is 0 Å². The van der Waals surface area contributed by atoms with Gasteiger partial charge in [-0.2, -0.15) is 0 Å². The van der Waals surface area contributed by atoms with Gasteiger partial charge in [0.25, 0.3) is 0 Å². The Kier molecular flexibility index (Phi) is 4.75. The van der Waals surface area contributed by atoms with Crippen LogP contribution in [0.5, 0.6) is 0 Å². The summed E-state index contributed by atoms with van der Waals surface area (Å²) in [5, 5.41) is 3.67. The SMILES string of the molecule is CC(C)C1CCCCC12CCNCC2c1cccc(Br)c1. The zero-order valence-corrected chi connectivity index (χ0v) is 15.0. The van der Waals surface area contributed by atoms with Gasteiger partial charge in [-0.25, -0.2) is 0 Å². The fourth-order valence-electron chi connectivity index (χ4n) is 5.15. The largest absolute Gasteiger partial charge is 0.316 e. The van der Waals surface area contributed by atoms with Gasteiger partial charge in [-0.15, -0.1) is 0 Å². The molecule has 1 aliphatic heterocycles. The number of nitrogens with one attached hydrogen (secondary N) is 1. The van der Waals surface area contributed by atoms with Gasteiger partial charge < -0.3 is 5.32 Å². The maximum atomic E-state index is 3.67. The highest BCUT2D eigenvalue weighted by Gasteiger charge is 2.48. The van der Waals surface area contributed by atoms with E-state index in [1.54, 1.807) is 0 Å². The van der Waals surface area contributed by atoms with Gasteiger partial charge in [0.15, 0.2) is 0 Å². The lowest BCUT2D eigenvalue weighted by molar-refractivity contribution is 0.00524. The molecule has 3 rings (SSSR count). The minimum atomic E-state index is 0.526. The zero-order valence-electron chi connectivity index (χ0n) is 13.4. The van der Waals surface area contributed by atoms with E-state index in [9.17, 15) is 0 Å². The molecule has 2 heteroatoms. The third kappa shape index (κ3) is 2.94. The molecule has 1 nitrogen and oxygen atoms in total. The maximum Gasteiger partial charge on any atom is 0.0178 e. The second-order valence-corrected chi connectivity index (χ2v) is 8.31. The Morgan fingerprint density at radius 3 is 2.86 bits per heavy atom. The van der Waals surface area contributed by atoms with E-state index in [4.69, 9.17) is 0 Å². The first-order chi connectivity index (χ1) is 10.1. The molecule has 116 valence electrons. The molecule has 1 spiro atoms. The Hall–Kier alpha value is -0.340. The van der Waals surface area contributed by atoms with Crippen molar-refractivity contribution in [2.24, 2.45) is 17.3 Å². The first kappa shape index (κ1) is 15.6. The first-order valence-corrected chi connectivity index (χ1v) is 9.39. The average molecular weight is 350 g/mol. The first-order valence-electron chi connectivity index (χ1n) is 8.60. The molecule has 2 aliphatic rings.